The number of ketones is 1. The van der Waals surface area contributed by atoms with Gasteiger partial charge >= 0.3 is 0 Å². The minimum atomic E-state index is 0.231. The zero-order valence-electron chi connectivity index (χ0n) is 9.81. The fraction of sp³-hybridized carbons (Fsp3) is 0.769. The molecule has 0 aromatic carbocycles. The minimum Gasteiger partial charge on any atom is -0.316 e. The van der Waals surface area contributed by atoms with Gasteiger partial charge < -0.3 is 5.32 Å². The minimum absolute atomic E-state index is 0.231. The Morgan fingerprint density at radius 3 is 3.00 bits per heavy atom. The lowest BCUT2D eigenvalue weighted by molar-refractivity contribution is -0.116. The van der Waals surface area contributed by atoms with Crippen LogP contribution < -0.4 is 5.32 Å². The van der Waals surface area contributed by atoms with Crippen molar-refractivity contribution in [2.75, 3.05) is 13.1 Å². The maximum Gasteiger partial charge on any atom is 0.158 e. The van der Waals surface area contributed by atoms with Crippen LogP contribution in [0.3, 0.4) is 0 Å². The molecule has 0 aromatic rings. The molecule has 1 aliphatic heterocycles. The second-order valence-electron chi connectivity index (χ2n) is 5.64. The van der Waals surface area contributed by atoms with Gasteiger partial charge in [0.15, 0.2) is 5.78 Å². The maximum absolute atomic E-state index is 11.8. The summed E-state index contributed by atoms with van der Waals surface area (Å²) in [6, 6.07) is 0. The first-order valence-electron chi connectivity index (χ1n) is 6.02. The topological polar surface area (TPSA) is 29.1 Å². The molecular weight excluding hydrogens is 186 g/mol. The van der Waals surface area contributed by atoms with Crippen molar-refractivity contribution >= 4 is 5.78 Å². The maximum atomic E-state index is 11.8. The largest absolute Gasteiger partial charge is 0.316 e. The molecular formula is C13H21NO. The van der Waals surface area contributed by atoms with E-state index in [0.717, 1.165) is 37.9 Å². The summed E-state index contributed by atoms with van der Waals surface area (Å²) in [6.45, 7) is 6.67. The number of Topliss-reactive ketones (excluding diaryl/α,β-unsaturated/α-hetero) is 1. The molecule has 0 aromatic heterocycles. The summed E-state index contributed by atoms with van der Waals surface area (Å²) in [5.41, 5.74) is 1.33. The zero-order chi connectivity index (χ0) is 10.9. The van der Waals surface area contributed by atoms with Crippen LogP contribution >= 0.6 is 0 Å². The highest BCUT2D eigenvalue weighted by Gasteiger charge is 2.27. The Morgan fingerprint density at radius 2 is 2.33 bits per heavy atom. The van der Waals surface area contributed by atoms with E-state index in [2.05, 4.69) is 25.2 Å². The molecule has 84 valence electrons. The first-order valence-corrected chi connectivity index (χ1v) is 6.02. The van der Waals surface area contributed by atoms with E-state index in [4.69, 9.17) is 0 Å². The highest BCUT2D eigenvalue weighted by molar-refractivity contribution is 5.96. The van der Waals surface area contributed by atoms with Gasteiger partial charge in [-0.1, -0.05) is 19.9 Å². The SMILES string of the molecule is CC1(C)C=C(CC2CCNC2)C(=O)CC1. The molecule has 0 radical (unpaired) electrons. The van der Waals surface area contributed by atoms with Crippen LogP contribution in [0.15, 0.2) is 11.6 Å². The predicted octanol–water partition coefficient (Wildman–Crippen LogP) is 2.30. The van der Waals surface area contributed by atoms with Gasteiger partial charge in [-0.2, -0.15) is 0 Å². The van der Waals surface area contributed by atoms with Crippen molar-refractivity contribution in [3.05, 3.63) is 11.6 Å². The lowest BCUT2D eigenvalue weighted by atomic mass is 9.77. The highest BCUT2D eigenvalue weighted by Crippen LogP contribution is 2.34. The lowest BCUT2D eigenvalue weighted by Gasteiger charge is -2.27. The molecule has 2 heteroatoms. The number of nitrogens with one attached hydrogen (secondary N) is 1. The molecule has 1 heterocycles. The van der Waals surface area contributed by atoms with Gasteiger partial charge in [-0.25, -0.2) is 0 Å². The Labute approximate surface area is 92.1 Å². The number of hydrogen-bond donors (Lipinski definition) is 1. The summed E-state index contributed by atoms with van der Waals surface area (Å²) in [5.74, 6) is 1.08. The molecule has 0 spiro atoms. The molecule has 2 rings (SSSR count). The van der Waals surface area contributed by atoms with E-state index in [9.17, 15) is 4.79 Å². The van der Waals surface area contributed by atoms with Crippen LogP contribution in [-0.2, 0) is 4.79 Å². The van der Waals surface area contributed by atoms with Crippen LogP contribution in [0.2, 0.25) is 0 Å². The Morgan fingerprint density at radius 1 is 1.53 bits per heavy atom. The molecule has 1 N–H and O–H groups in total. The monoisotopic (exact) mass is 207 g/mol. The van der Waals surface area contributed by atoms with Crippen LogP contribution in [0, 0.1) is 11.3 Å². The van der Waals surface area contributed by atoms with Crippen LogP contribution in [0.4, 0.5) is 0 Å². The average Bonchev–Trinajstić information content (AvgIpc) is 2.64. The standard InChI is InChI=1S/C13H21NO/c1-13(2)5-3-12(15)11(8-13)7-10-4-6-14-9-10/h8,10,14H,3-7,9H2,1-2H3. The third-order valence-electron chi connectivity index (χ3n) is 3.59. The van der Waals surface area contributed by atoms with Crippen LogP contribution in [0.5, 0.6) is 0 Å². The van der Waals surface area contributed by atoms with Gasteiger partial charge in [-0.05, 0) is 49.3 Å². The number of hydrogen-bond acceptors (Lipinski definition) is 2. The molecule has 15 heavy (non-hydrogen) atoms. The van der Waals surface area contributed by atoms with E-state index < -0.39 is 0 Å². The second-order valence-corrected chi connectivity index (χ2v) is 5.64. The van der Waals surface area contributed by atoms with Crippen molar-refractivity contribution in [2.24, 2.45) is 11.3 Å². The van der Waals surface area contributed by atoms with Crippen molar-refractivity contribution in [2.45, 2.75) is 39.5 Å². The molecule has 1 unspecified atom stereocenters. The lowest BCUT2D eigenvalue weighted by Crippen LogP contribution is -2.21. The number of rotatable bonds is 2. The van der Waals surface area contributed by atoms with Crippen molar-refractivity contribution in [1.29, 1.82) is 0 Å². The Kier molecular flexibility index (Phi) is 2.96. The molecule has 2 aliphatic rings. The van der Waals surface area contributed by atoms with Gasteiger partial charge in [0, 0.05) is 6.42 Å². The molecule has 1 aliphatic carbocycles. The summed E-state index contributed by atoms with van der Waals surface area (Å²) < 4.78 is 0. The molecule has 0 bridgehead atoms. The van der Waals surface area contributed by atoms with E-state index >= 15 is 0 Å². The van der Waals surface area contributed by atoms with E-state index in [-0.39, 0.29) is 5.41 Å². The smallest absolute Gasteiger partial charge is 0.158 e. The first kappa shape index (κ1) is 10.9. The van der Waals surface area contributed by atoms with E-state index in [0.29, 0.717) is 11.7 Å². The second kappa shape index (κ2) is 4.09. The summed E-state index contributed by atoms with van der Waals surface area (Å²) in [5, 5.41) is 3.36. The van der Waals surface area contributed by atoms with E-state index in [1.807, 2.05) is 0 Å². The van der Waals surface area contributed by atoms with Gasteiger partial charge in [0.25, 0.3) is 0 Å². The van der Waals surface area contributed by atoms with Crippen molar-refractivity contribution < 1.29 is 4.79 Å². The van der Waals surface area contributed by atoms with Crippen LogP contribution in [0.1, 0.15) is 39.5 Å². The van der Waals surface area contributed by atoms with Gasteiger partial charge in [0.05, 0.1) is 0 Å². The summed E-state index contributed by atoms with van der Waals surface area (Å²) in [4.78, 5) is 11.8. The summed E-state index contributed by atoms with van der Waals surface area (Å²) >= 11 is 0. The molecule has 0 saturated carbocycles. The van der Waals surface area contributed by atoms with Crippen LogP contribution in [-0.4, -0.2) is 18.9 Å². The Balaban J connectivity index is 2.04. The van der Waals surface area contributed by atoms with Crippen molar-refractivity contribution in [1.82, 2.24) is 5.32 Å². The highest BCUT2D eigenvalue weighted by atomic mass is 16.1. The van der Waals surface area contributed by atoms with Crippen molar-refractivity contribution in [3.63, 3.8) is 0 Å². The molecule has 0 amide bonds. The summed E-state index contributed by atoms with van der Waals surface area (Å²) in [7, 11) is 0. The number of carbonyl (C=O) groups excluding carboxylic acids is 1. The molecule has 2 nitrogen and oxygen atoms in total. The van der Waals surface area contributed by atoms with Gasteiger partial charge in [0.2, 0.25) is 0 Å². The quantitative estimate of drug-likeness (QED) is 0.753. The molecule has 1 fully saturated rings. The Hall–Kier alpha value is -0.630. The fourth-order valence-electron chi connectivity index (χ4n) is 2.59. The zero-order valence-corrected chi connectivity index (χ0v) is 9.81. The first-order chi connectivity index (χ1) is 7.07. The van der Waals surface area contributed by atoms with E-state index in [1.54, 1.807) is 0 Å². The molecule has 1 atom stereocenters. The fourth-order valence-corrected chi connectivity index (χ4v) is 2.59. The predicted molar refractivity (Wildman–Crippen MR) is 61.7 cm³/mol. The normalized spacial score (nSPS) is 30.4. The van der Waals surface area contributed by atoms with Crippen molar-refractivity contribution in [3.8, 4) is 0 Å². The average molecular weight is 207 g/mol. The van der Waals surface area contributed by atoms with Gasteiger partial charge in [-0.15, -0.1) is 0 Å². The summed E-state index contributed by atoms with van der Waals surface area (Å²) in [6.07, 6.45) is 6.20. The molecule has 1 saturated heterocycles. The number of allylic oxidation sites excluding steroid dienone is 2. The third kappa shape index (κ3) is 2.69. The van der Waals surface area contributed by atoms with Crippen LogP contribution in [0.25, 0.3) is 0 Å². The van der Waals surface area contributed by atoms with E-state index in [1.165, 1.54) is 6.42 Å². The van der Waals surface area contributed by atoms with Gasteiger partial charge in [0.1, 0.15) is 0 Å². The Bertz CT molecular complexity index is 285. The third-order valence-corrected chi connectivity index (χ3v) is 3.59. The van der Waals surface area contributed by atoms with Gasteiger partial charge in [-0.3, -0.25) is 4.79 Å². The number of carbonyl (C=O) groups is 1.